The van der Waals surface area contributed by atoms with Crippen molar-refractivity contribution in [3.63, 3.8) is 0 Å². The molecule has 1 saturated heterocycles. The third-order valence-corrected chi connectivity index (χ3v) is 4.54. The lowest BCUT2D eigenvalue weighted by molar-refractivity contribution is 0.442. The zero-order chi connectivity index (χ0) is 13.4. The van der Waals surface area contributed by atoms with E-state index >= 15 is 0 Å². The van der Waals surface area contributed by atoms with Crippen molar-refractivity contribution in [2.75, 3.05) is 17.4 Å². The van der Waals surface area contributed by atoms with Crippen molar-refractivity contribution in [1.29, 1.82) is 0 Å². The number of piperidine rings is 1. The molecule has 1 aliphatic carbocycles. The van der Waals surface area contributed by atoms with Crippen molar-refractivity contribution in [2.45, 2.75) is 37.8 Å². The summed E-state index contributed by atoms with van der Waals surface area (Å²) >= 11 is 0. The summed E-state index contributed by atoms with van der Waals surface area (Å²) in [5.74, 6) is -0.535. The van der Waals surface area contributed by atoms with Crippen LogP contribution in [0.3, 0.4) is 0 Å². The Bertz CT molecular complexity index is 527. The molecule has 2 heterocycles. The van der Waals surface area contributed by atoms with Gasteiger partial charge in [0.05, 0.1) is 18.3 Å². The van der Waals surface area contributed by atoms with Crippen LogP contribution >= 0.6 is 0 Å². The van der Waals surface area contributed by atoms with Crippen LogP contribution in [0.4, 0.5) is 10.1 Å². The molecule has 1 N–H and O–H groups in total. The predicted molar refractivity (Wildman–Crippen MR) is 69.1 cm³/mol. The highest BCUT2D eigenvalue weighted by molar-refractivity contribution is 7.74. The lowest BCUT2D eigenvalue weighted by atomic mass is 10.1. The van der Waals surface area contributed by atoms with Crippen LogP contribution in [0.15, 0.2) is 6.20 Å². The highest BCUT2D eigenvalue weighted by atomic mass is 32.2. The normalized spacial score (nSPS) is 23.8. The number of anilines is 1. The number of rotatable bonds is 4. The van der Waals surface area contributed by atoms with Gasteiger partial charge in [0.1, 0.15) is 5.69 Å². The van der Waals surface area contributed by atoms with E-state index in [1.807, 2.05) is 0 Å². The first-order chi connectivity index (χ1) is 9.18. The van der Waals surface area contributed by atoms with Crippen LogP contribution in [0.5, 0.6) is 0 Å². The quantitative estimate of drug-likeness (QED) is 0.789. The minimum Gasteiger partial charge on any atom is -0.315 e. The Morgan fingerprint density at radius 2 is 2.21 bits per heavy atom. The fourth-order valence-electron chi connectivity index (χ4n) is 2.53. The van der Waals surface area contributed by atoms with E-state index in [4.69, 9.17) is 0 Å². The first-order valence-electron chi connectivity index (χ1n) is 6.55. The summed E-state index contributed by atoms with van der Waals surface area (Å²) in [6, 6.07) is -0.120. The largest absolute Gasteiger partial charge is 0.315 e. The van der Waals surface area contributed by atoms with Gasteiger partial charge in [-0.3, -0.25) is 4.31 Å². The zero-order valence-corrected chi connectivity index (χ0v) is 11.4. The molecule has 8 heteroatoms. The van der Waals surface area contributed by atoms with Crippen LogP contribution in [0, 0.1) is 5.95 Å². The van der Waals surface area contributed by atoms with Crippen LogP contribution in [-0.4, -0.2) is 37.3 Å². The van der Waals surface area contributed by atoms with E-state index in [0.717, 1.165) is 36.5 Å². The summed E-state index contributed by atoms with van der Waals surface area (Å²) in [5, 5.41) is 7.13. The van der Waals surface area contributed by atoms with Gasteiger partial charge >= 0.3 is 0 Å². The molecule has 0 spiro atoms. The molecule has 3 rings (SSSR count). The van der Waals surface area contributed by atoms with Gasteiger partial charge in [-0.25, -0.2) is 13.1 Å². The minimum atomic E-state index is -2.86. The highest BCUT2D eigenvalue weighted by Gasteiger charge is 2.32. The Hall–Kier alpha value is -1.15. The van der Waals surface area contributed by atoms with E-state index in [1.165, 1.54) is 10.9 Å². The Labute approximate surface area is 112 Å². The summed E-state index contributed by atoms with van der Waals surface area (Å²) in [6.45, 7) is 1.43. The first kappa shape index (κ1) is 12.9. The maximum atomic E-state index is 14.3. The molecule has 6 nitrogen and oxygen atoms in total. The van der Waals surface area contributed by atoms with Crippen LogP contribution in [0.25, 0.3) is 0 Å². The molecule has 1 aliphatic heterocycles. The van der Waals surface area contributed by atoms with Gasteiger partial charge in [-0.2, -0.15) is 9.49 Å². The fraction of sp³-hybridized carbons (Fsp3) is 0.727. The molecule has 2 aliphatic rings. The van der Waals surface area contributed by atoms with E-state index in [-0.39, 0.29) is 17.8 Å². The summed E-state index contributed by atoms with van der Waals surface area (Å²) in [6.07, 6.45) is 4.78. The molecule has 0 aromatic carbocycles. The van der Waals surface area contributed by atoms with E-state index in [1.54, 1.807) is 0 Å². The van der Waals surface area contributed by atoms with Gasteiger partial charge in [0.25, 0.3) is 0 Å². The number of aromatic nitrogens is 2. The number of nitrogens with one attached hydrogen (secondary N) is 1. The molecule has 1 unspecified atom stereocenters. The van der Waals surface area contributed by atoms with Gasteiger partial charge in [-0.05, 0) is 32.2 Å². The number of hydrogen-bond donors (Lipinski definition) is 2. The number of hydrogen-bond acceptors (Lipinski definition) is 4. The number of thiol groups is 1. The van der Waals surface area contributed by atoms with Gasteiger partial charge < -0.3 is 5.32 Å². The second-order valence-corrected chi connectivity index (χ2v) is 5.99. The standard InChI is InChI=1S/C11H17FN4O2S/c12-11-10(7-14-15(11)8-3-4-8)16(19(17)18)9-2-1-5-13-6-9/h7-9,13,19H,1-6H2. The maximum Gasteiger partial charge on any atom is 0.236 e. The Balaban J connectivity index is 1.90. The van der Waals surface area contributed by atoms with Crippen LogP contribution in [0.2, 0.25) is 0 Å². The van der Waals surface area contributed by atoms with Gasteiger partial charge in [-0.15, -0.1) is 0 Å². The van der Waals surface area contributed by atoms with Crippen molar-refractivity contribution in [3.8, 4) is 0 Å². The lowest BCUT2D eigenvalue weighted by Gasteiger charge is -2.30. The van der Waals surface area contributed by atoms with E-state index in [9.17, 15) is 12.8 Å². The van der Waals surface area contributed by atoms with Gasteiger partial charge in [-0.1, -0.05) is 0 Å². The molecule has 0 bridgehead atoms. The van der Waals surface area contributed by atoms with Crippen molar-refractivity contribution in [1.82, 2.24) is 15.1 Å². The SMILES string of the molecule is O=[SH](=O)N(c1cnn(C2CC2)c1F)C1CCCNC1. The Kier molecular flexibility index (Phi) is 3.44. The van der Waals surface area contributed by atoms with Crippen molar-refractivity contribution in [2.24, 2.45) is 0 Å². The van der Waals surface area contributed by atoms with E-state index < -0.39 is 16.8 Å². The van der Waals surface area contributed by atoms with Crippen molar-refractivity contribution < 1.29 is 12.8 Å². The minimum absolute atomic E-state index is 0.0803. The molecular weight excluding hydrogens is 271 g/mol. The molecule has 106 valence electrons. The molecule has 19 heavy (non-hydrogen) atoms. The molecule has 0 amide bonds. The topological polar surface area (TPSA) is 67.2 Å². The second-order valence-electron chi connectivity index (χ2n) is 5.08. The summed E-state index contributed by atoms with van der Waals surface area (Å²) in [7, 11) is -2.86. The Morgan fingerprint density at radius 1 is 1.42 bits per heavy atom. The summed E-state index contributed by atoms with van der Waals surface area (Å²) in [5.41, 5.74) is 0.0803. The molecule has 1 aromatic rings. The predicted octanol–water partition coefficient (Wildman–Crippen LogP) is 0.442. The zero-order valence-electron chi connectivity index (χ0n) is 10.5. The highest BCUT2D eigenvalue weighted by Crippen LogP contribution is 2.37. The second kappa shape index (κ2) is 5.09. The summed E-state index contributed by atoms with van der Waals surface area (Å²) < 4.78 is 39.7. The third kappa shape index (κ3) is 2.46. The molecular formula is C11H17FN4O2S. The third-order valence-electron chi connectivity index (χ3n) is 3.65. The first-order valence-corrected chi connectivity index (χ1v) is 7.69. The van der Waals surface area contributed by atoms with Gasteiger partial charge in [0.15, 0.2) is 0 Å². The lowest BCUT2D eigenvalue weighted by Crippen LogP contribution is -2.45. The van der Waals surface area contributed by atoms with Crippen LogP contribution < -0.4 is 9.62 Å². The number of nitrogens with zero attached hydrogens (tertiary/aromatic N) is 3. The van der Waals surface area contributed by atoms with Gasteiger partial charge in [0, 0.05) is 6.54 Å². The van der Waals surface area contributed by atoms with Crippen molar-refractivity contribution >= 4 is 16.6 Å². The van der Waals surface area contributed by atoms with Crippen LogP contribution in [-0.2, 0) is 10.9 Å². The Morgan fingerprint density at radius 3 is 2.79 bits per heavy atom. The van der Waals surface area contributed by atoms with E-state index in [0.29, 0.717) is 6.54 Å². The van der Waals surface area contributed by atoms with Crippen molar-refractivity contribution in [3.05, 3.63) is 12.1 Å². The molecule has 1 saturated carbocycles. The average molecular weight is 288 g/mol. The summed E-state index contributed by atoms with van der Waals surface area (Å²) in [4.78, 5) is 0. The maximum absolute atomic E-state index is 14.3. The smallest absolute Gasteiger partial charge is 0.236 e. The molecule has 2 fully saturated rings. The van der Waals surface area contributed by atoms with Crippen LogP contribution in [0.1, 0.15) is 31.7 Å². The molecule has 0 radical (unpaired) electrons. The number of halogens is 1. The fourth-order valence-corrected chi connectivity index (χ4v) is 3.30. The average Bonchev–Trinajstić information content (AvgIpc) is 3.17. The monoisotopic (exact) mass is 288 g/mol. The molecule has 1 atom stereocenters. The van der Waals surface area contributed by atoms with E-state index in [2.05, 4.69) is 10.4 Å². The van der Waals surface area contributed by atoms with Gasteiger partial charge in [0.2, 0.25) is 16.8 Å². The molecule has 1 aromatic heterocycles.